The number of sulfonamides is 1. The van der Waals surface area contributed by atoms with Crippen LogP contribution in [0.4, 0.5) is 17.5 Å². The molecular weight excluding hydrogens is 372 g/mol. The van der Waals surface area contributed by atoms with Crippen LogP contribution in [0.3, 0.4) is 0 Å². The zero-order chi connectivity index (χ0) is 16.2. The van der Waals surface area contributed by atoms with Gasteiger partial charge in [-0.15, -0.1) is 6.42 Å². The van der Waals surface area contributed by atoms with E-state index in [4.69, 9.17) is 11.6 Å². The molecule has 10 heteroatoms. The summed E-state index contributed by atoms with van der Waals surface area (Å²) < 4.78 is 22.9. The number of hydrogen-bond acceptors (Lipinski definition) is 7. The molecule has 2 heterocycles. The molecule has 0 spiro atoms. The predicted molar refractivity (Wildman–Crippen MR) is 85.9 cm³/mol. The average molecular weight is 383 g/mol. The molecule has 0 aliphatic heterocycles. The van der Waals surface area contributed by atoms with E-state index in [1.807, 2.05) is 0 Å². The number of aromatic nitrogens is 3. The fraction of sp³-hybridized carbons (Fsp3) is 0.0833. The van der Waals surface area contributed by atoms with Crippen molar-refractivity contribution < 1.29 is 8.42 Å². The number of terminal acetylenes is 1. The Bertz CT molecular complexity index is 817. The topological polar surface area (TPSA) is 123 Å². The molecule has 2 aromatic heterocycles. The van der Waals surface area contributed by atoms with Crippen molar-refractivity contribution in [3.63, 3.8) is 0 Å². The lowest BCUT2D eigenvalue weighted by Crippen LogP contribution is -2.13. The fourth-order valence-electron chi connectivity index (χ4n) is 1.44. The third-order valence-corrected chi connectivity index (χ3v) is 3.79. The maximum Gasteiger partial charge on any atom is 0.255 e. The summed E-state index contributed by atoms with van der Waals surface area (Å²) in [5.41, 5.74) is 0.512. The zero-order valence-electron chi connectivity index (χ0n) is 11.1. The summed E-state index contributed by atoms with van der Waals surface area (Å²) in [7, 11) is -3.82. The highest BCUT2D eigenvalue weighted by Gasteiger charge is 2.09. The first kappa shape index (κ1) is 16.2. The van der Waals surface area contributed by atoms with Crippen molar-refractivity contribution in [1.29, 1.82) is 0 Å². The summed E-state index contributed by atoms with van der Waals surface area (Å²) in [5.74, 6) is 3.27. The molecule has 22 heavy (non-hydrogen) atoms. The van der Waals surface area contributed by atoms with Gasteiger partial charge in [0.1, 0.15) is 5.82 Å². The molecule has 0 saturated heterocycles. The lowest BCUT2D eigenvalue weighted by atomic mass is 10.4. The molecule has 2 rings (SSSR count). The summed E-state index contributed by atoms with van der Waals surface area (Å²) in [4.78, 5) is 12.1. The van der Waals surface area contributed by atoms with Crippen molar-refractivity contribution in [3.8, 4) is 12.3 Å². The molecule has 0 amide bonds. The van der Waals surface area contributed by atoms with E-state index in [1.165, 1.54) is 18.3 Å². The van der Waals surface area contributed by atoms with Gasteiger partial charge < -0.3 is 10.6 Å². The van der Waals surface area contributed by atoms with Crippen LogP contribution in [0.5, 0.6) is 0 Å². The first-order valence-electron chi connectivity index (χ1n) is 5.86. The van der Waals surface area contributed by atoms with Crippen LogP contribution >= 0.6 is 15.9 Å². The maximum absolute atomic E-state index is 11.1. The van der Waals surface area contributed by atoms with E-state index in [0.717, 1.165) is 0 Å². The Morgan fingerprint density at radius 1 is 1.32 bits per heavy atom. The predicted octanol–water partition coefficient (Wildman–Crippen LogP) is 1.07. The van der Waals surface area contributed by atoms with E-state index < -0.39 is 10.0 Å². The summed E-state index contributed by atoms with van der Waals surface area (Å²) in [6.45, 7) is 0.319. The van der Waals surface area contributed by atoms with Crippen LogP contribution in [-0.4, -0.2) is 29.9 Å². The SMILES string of the molecule is C#CCNc1nc(Nc2ccc(S(N)(=O)=O)nc2)ncc1Br. The standard InChI is InChI=1S/C12H11BrN6O2S/c1-2-5-15-11-9(13)7-17-12(19-11)18-8-3-4-10(16-6-8)22(14,20)21/h1,3-4,6-7H,5H2,(H2,14,20,21)(H2,15,17,18,19). The van der Waals surface area contributed by atoms with Gasteiger partial charge in [0.05, 0.1) is 22.9 Å². The van der Waals surface area contributed by atoms with Crippen molar-refractivity contribution in [2.24, 2.45) is 5.14 Å². The van der Waals surface area contributed by atoms with E-state index in [0.29, 0.717) is 28.5 Å². The molecule has 114 valence electrons. The number of nitrogens with two attached hydrogens (primary N) is 1. The van der Waals surface area contributed by atoms with Crippen LogP contribution in [-0.2, 0) is 10.0 Å². The Labute approximate surface area is 135 Å². The minimum absolute atomic E-state index is 0.217. The molecule has 8 nitrogen and oxygen atoms in total. The van der Waals surface area contributed by atoms with Gasteiger partial charge in [-0.05, 0) is 28.1 Å². The van der Waals surface area contributed by atoms with Gasteiger partial charge in [-0.3, -0.25) is 0 Å². The van der Waals surface area contributed by atoms with E-state index in [2.05, 4.69) is 47.4 Å². The lowest BCUT2D eigenvalue weighted by Gasteiger charge is -2.08. The molecule has 4 N–H and O–H groups in total. The van der Waals surface area contributed by atoms with E-state index in [1.54, 1.807) is 6.20 Å². The normalized spacial score (nSPS) is 10.8. The second-order valence-corrected chi connectivity index (χ2v) is 6.37. The zero-order valence-corrected chi connectivity index (χ0v) is 13.5. The number of hydrogen-bond donors (Lipinski definition) is 3. The number of nitrogens with one attached hydrogen (secondary N) is 2. The maximum atomic E-state index is 11.1. The van der Waals surface area contributed by atoms with Gasteiger partial charge in [0.2, 0.25) is 5.95 Å². The lowest BCUT2D eigenvalue weighted by molar-refractivity contribution is 0.594. The van der Waals surface area contributed by atoms with Gasteiger partial charge in [-0.2, -0.15) is 4.98 Å². The highest BCUT2D eigenvalue weighted by Crippen LogP contribution is 2.21. The molecule has 0 saturated carbocycles. The first-order valence-corrected chi connectivity index (χ1v) is 8.20. The van der Waals surface area contributed by atoms with E-state index in [9.17, 15) is 8.42 Å². The number of rotatable bonds is 5. The first-order chi connectivity index (χ1) is 10.4. The molecule has 0 bridgehead atoms. The van der Waals surface area contributed by atoms with Crippen LogP contribution in [0.15, 0.2) is 34.0 Å². The highest BCUT2D eigenvalue weighted by molar-refractivity contribution is 9.10. The van der Waals surface area contributed by atoms with Crippen LogP contribution in [0, 0.1) is 12.3 Å². The number of halogens is 1. The molecule has 0 aromatic carbocycles. The van der Waals surface area contributed by atoms with Crippen LogP contribution in [0.25, 0.3) is 0 Å². The molecule has 0 aliphatic rings. The molecule has 0 atom stereocenters. The summed E-state index contributed by atoms with van der Waals surface area (Å²) >= 11 is 3.30. The van der Waals surface area contributed by atoms with Crippen molar-refractivity contribution in [3.05, 3.63) is 29.0 Å². The quantitative estimate of drug-likeness (QED) is 0.660. The Balaban J connectivity index is 2.19. The fourth-order valence-corrected chi connectivity index (χ4v) is 2.23. The number of nitrogens with zero attached hydrogens (tertiary/aromatic N) is 3. The van der Waals surface area contributed by atoms with E-state index >= 15 is 0 Å². The van der Waals surface area contributed by atoms with Gasteiger partial charge in [-0.1, -0.05) is 5.92 Å². The van der Waals surface area contributed by atoms with Crippen LogP contribution in [0.1, 0.15) is 0 Å². The number of primary sulfonamides is 1. The smallest absolute Gasteiger partial charge is 0.255 e. The van der Waals surface area contributed by atoms with Crippen molar-refractivity contribution in [2.75, 3.05) is 17.2 Å². The van der Waals surface area contributed by atoms with Crippen molar-refractivity contribution >= 4 is 43.4 Å². The molecule has 0 radical (unpaired) electrons. The van der Waals surface area contributed by atoms with Gasteiger partial charge >= 0.3 is 0 Å². The average Bonchev–Trinajstić information content (AvgIpc) is 2.47. The Kier molecular flexibility index (Phi) is 4.92. The number of pyridine rings is 1. The molecular formula is C12H11BrN6O2S. The third kappa shape index (κ3) is 4.14. The largest absolute Gasteiger partial charge is 0.358 e. The third-order valence-electron chi connectivity index (χ3n) is 2.39. The minimum Gasteiger partial charge on any atom is -0.358 e. The number of anilines is 3. The Morgan fingerprint density at radius 3 is 2.68 bits per heavy atom. The molecule has 2 aromatic rings. The van der Waals surface area contributed by atoms with Gasteiger partial charge in [0, 0.05) is 6.20 Å². The van der Waals surface area contributed by atoms with E-state index in [-0.39, 0.29) is 5.03 Å². The summed E-state index contributed by atoms with van der Waals surface area (Å²) in [6.07, 6.45) is 8.06. The van der Waals surface area contributed by atoms with Crippen LogP contribution < -0.4 is 15.8 Å². The second-order valence-electron chi connectivity index (χ2n) is 4.00. The van der Waals surface area contributed by atoms with Crippen molar-refractivity contribution in [2.45, 2.75) is 5.03 Å². The van der Waals surface area contributed by atoms with Gasteiger partial charge in [0.15, 0.2) is 5.03 Å². The minimum atomic E-state index is -3.82. The molecule has 0 unspecified atom stereocenters. The summed E-state index contributed by atoms with van der Waals surface area (Å²) in [6, 6.07) is 2.79. The molecule has 0 fully saturated rings. The monoisotopic (exact) mass is 382 g/mol. The van der Waals surface area contributed by atoms with Crippen LogP contribution in [0.2, 0.25) is 0 Å². The van der Waals surface area contributed by atoms with Crippen molar-refractivity contribution in [1.82, 2.24) is 15.0 Å². The second kappa shape index (κ2) is 6.69. The highest BCUT2D eigenvalue weighted by atomic mass is 79.9. The van der Waals surface area contributed by atoms with Gasteiger partial charge in [0.25, 0.3) is 10.0 Å². The Hall–Kier alpha value is -2.22. The van der Waals surface area contributed by atoms with Gasteiger partial charge in [-0.25, -0.2) is 23.5 Å². The molecule has 0 aliphatic carbocycles. The Morgan fingerprint density at radius 2 is 2.09 bits per heavy atom. The summed E-state index contributed by atoms with van der Waals surface area (Å²) in [5, 5.41) is 10.6.